The van der Waals surface area contributed by atoms with E-state index in [9.17, 15) is 9.90 Å². The molecular formula is C35H36N2O2. The van der Waals surface area contributed by atoms with Crippen molar-refractivity contribution in [3.8, 4) is 17.9 Å². The first kappa shape index (κ1) is 25.7. The van der Waals surface area contributed by atoms with E-state index in [1.54, 1.807) is 12.1 Å². The quantitative estimate of drug-likeness (QED) is 0.476. The lowest BCUT2D eigenvalue weighted by Crippen LogP contribution is -2.51. The van der Waals surface area contributed by atoms with E-state index in [2.05, 4.69) is 68.1 Å². The van der Waals surface area contributed by atoms with Gasteiger partial charge in [0.2, 0.25) is 0 Å². The monoisotopic (exact) mass is 516 g/mol. The number of ketones is 1. The third-order valence-electron chi connectivity index (χ3n) is 10.1. The maximum atomic E-state index is 12.3. The van der Waals surface area contributed by atoms with Crippen molar-refractivity contribution in [3.63, 3.8) is 0 Å². The molecule has 4 aliphatic carbocycles. The van der Waals surface area contributed by atoms with Gasteiger partial charge in [-0.25, -0.2) is 0 Å². The fourth-order valence-electron chi connectivity index (χ4n) is 7.98. The van der Waals surface area contributed by atoms with Crippen LogP contribution in [-0.2, 0) is 4.79 Å². The number of nitriles is 1. The molecular weight excluding hydrogens is 480 g/mol. The van der Waals surface area contributed by atoms with Gasteiger partial charge in [0.1, 0.15) is 5.60 Å². The van der Waals surface area contributed by atoms with Crippen molar-refractivity contribution in [2.75, 3.05) is 19.0 Å². The van der Waals surface area contributed by atoms with Crippen LogP contribution in [0.2, 0.25) is 0 Å². The topological polar surface area (TPSA) is 64.3 Å². The highest BCUT2D eigenvalue weighted by Gasteiger charge is 2.62. The zero-order valence-corrected chi connectivity index (χ0v) is 23.1. The van der Waals surface area contributed by atoms with E-state index < -0.39 is 5.60 Å². The van der Waals surface area contributed by atoms with Crippen LogP contribution < -0.4 is 4.90 Å². The van der Waals surface area contributed by atoms with Crippen LogP contribution in [0.5, 0.6) is 0 Å². The van der Waals surface area contributed by atoms with Crippen molar-refractivity contribution in [1.29, 1.82) is 5.26 Å². The van der Waals surface area contributed by atoms with E-state index in [4.69, 9.17) is 5.26 Å². The van der Waals surface area contributed by atoms with Crippen molar-refractivity contribution in [2.45, 2.75) is 63.4 Å². The van der Waals surface area contributed by atoms with Crippen LogP contribution in [0, 0.1) is 40.4 Å². The van der Waals surface area contributed by atoms with E-state index in [-0.39, 0.29) is 17.1 Å². The number of benzene rings is 2. The number of fused-ring (bicyclic) bond motifs is 4. The minimum absolute atomic E-state index is 0.195. The number of anilines is 1. The van der Waals surface area contributed by atoms with Crippen LogP contribution in [0.4, 0.5) is 5.69 Å². The van der Waals surface area contributed by atoms with E-state index in [1.807, 2.05) is 18.2 Å². The molecule has 0 saturated heterocycles. The van der Waals surface area contributed by atoms with Crippen LogP contribution in [0.3, 0.4) is 0 Å². The van der Waals surface area contributed by atoms with Gasteiger partial charge >= 0.3 is 0 Å². The molecule has 0 amide bonds. The van der Waals surface area contributed by atoms with Gasteiger partial charge in [-0.2, -0.15) is 5.26 Å². The predicted octanol–water partition coefficient (Wildman–Crippen LogP) is 6.31. The molecule has 4 aliphatic rings. The van der Waals surface area contributed by atoms with Gasteiger partial charge in [-0.1, -0.05) is 36.5 Å². The number of rotatable bonds is 2. The predicted molar refractivity (Wildman–Crippen MR) is 154 cm³/mol. The highest BCUT2D eigenvalue weighted by atomic mass is 16.3. The summed E-state index contributed by atoms with van der Waals surface area (Å²) in [7, 11) is 4.12. The standard InChI is InChI=1S/C35H36N2O2/c1-34-21-31(25-8-11-27(12-9-25)37(2)3)33-29-15-13-28(38)20-26(29)10-14-30(33)32(34)17-19-35(34,39)18-16-23-4-6-24(22-36)7-5-23/h4-9,11-12,20,30-32,39H,10,13-15,17,19,21H2,1-3H3/t30-,31+,32?,34-,35-/m0/s1. The smallest absolute Gasteiger partial charge is 0.156 e. The third kappa shape index (κ3) is 4.23. The summed E-state index contributed by atoms with van der Waals surface area (Å²) in [6, 6.07) is 18.3. The lowest BCUT2D eigenvalue weighted by Gasteiger charge is -2.53. The molecule has 1 unspecified atom stereocenters. The lowest BCUT2D eigenvalue weighted by molar-refractivity contribution is -0.114. The Balaban J connectivity index is 1.44. The molecule has 2 fully saturated rings. The van der Waals surface area contributed by atoms with Gasteiger partial charge in [-0.15, -0.1) is 0 Å². The molecule has 0 aromatic heterocycles. The maximum Gasteiger partial charge on any atom is 0.156 e. The molecule has 2 aromatic rings. The maximum absolute atomic E-state index is 12.3. The average molecular weight is 517 g/mol. The van der Waals surface area contributed by atoms with Crippen LogP contribution >= 0.6 is 0 Å². The summed E-state index contributed by atoms with van der Waals surface area (Å²) in [6.45, 7) is 2.27. The van der Waals surface area contributed by atoms with Gasteiger partial charge in [-0.05, 0) is 110 Å². The molecule has 0 heterocycles. The van der Waals surface area contributed by atoms with Gasteiger partial charge in [-0.3, -0.25) is 4.79 Å². The Labute approximate surface area is 232 Å². The summed E-state index contributed by atoms with van der Waals surface area (Å²) in [6.07, 6.45) is 7.81. The van der Waals surface area contributed by atoms with Gasteiger partial charge in [0, 0.05) is 43.1 Å². The molecule has 2 saturated carbocycles. The van der Waals surface area contributed by atoms with Gasteiger partial charge in [0.15, 0.2) is 5.78 Å². The molecule has 4 nitrogen and oxygen atoms in total. The van der Waals surface area contributed by atoms with E-state index in [1.165, 1.54) is 28.0 Å². The first-order valence-electron chi connectivity index (χ1n) is 14.2. The Morgan fingerprint density at radius 1 is 0.974 bits per heavy atom. The normalized spacial score (nSPS) is 31.2. The number of carbonyl (C=O) groups is 1. The second-order valence-corrected chi connectivity index (χ2v) is 12.3. The zero-order valence-electron chi connectivity index (χ0n) is 23.1. The number of carbonyl (C=O) groups excluding carboxylic acids is 1. The molecule has 0 bridgehead atoms. The second kappa shape index (κ2) is 9.55. The summed E-state index contributed by atoms with van der Waals surface area (Å²) in [5, 5.41) is 21.4. The minimum atomic E-state index is -1.08. The number of hydrogen-bond acceptors (Lipinski definition) is 4. The van der Waals surface area contributed by atoms with Crippen molar-refractivity contribution < 1.29 is 9.90 Å². The Hall–Kier alpha value is -3.60. The molecule has 1 N–H and O–H groups in total. The van der Waals surface area contributed by atoms with Gasteiger partial charge < -0.3 is 10.0 Å². The van der Waals surface area contributed by atoms with Crippen LogP contribution in [0.25, 0.3) is 0 Å². The molecule has 4 heteroatoms. The average Bonchev–Trinajstić information content (AvgIpc) is 3.21. The van der Waals surface area contributed by atoms with E-state index in [0.29, 0.717) is 30.2 Å². The fraction of sp³-hybridized carbons (Fsp3) is 0.429. The minimum Gasteiger partial charge on any atom is -0.378 e. The largest absolute Gasteiger partial charge is 0.378 e. The molecule has 0 aliphatic heterocycles. The van der Waals surface area contributed by atoms with E-state index >= 15 is 0 Å². The molecule has 39 heavy (non-hydrogen) atoms. The number of aliphatic hydroxyl groups is 1. The Kier molecular flexibility index (Phi) is 6.28. The first-order chi connectivity index (χ1) is 18.7. The van der Waals surface area contributed by atoms with Crippen LogP contribution in [-0.4, -0.2) is 30.6 Å². The number of nitrogens with zero attached hydrogens (tertiary/aromatic N) is 2. The molecule has 6 rings (SSSR count). The van der Waals surface area contributed by atoms with E-state index in [0.717, 1.165) is 37.7 Å². The van der Waals surface area contributed by atoms with Crippen molar-refractivity contribution in [3.05, 3.63) is 88.0 Å². The SMILES string of the molecule is CN(C)c1ccc([C@H]2C[C@@]3(C)C(CC[C@@]3(O)C#Cc3ccc(C#N)cc3)[C@@H]3CCC4=CC(=O)CCC4=C32)cc1. The molecule has 5 atom stereocenters. The van der Waals surface area contributed by atoms with Crippen molar-refractivity contribution >= 4 is 11.5 Å². The highest BCUT2D eigenvalue weighted by Crippen LogP contribution is 2.66. The van der Waals surface area contributed by atoms with Gasteiger partial charge in [0.05, 0.1) is 11.6 Å². The second-order valence-electron chi connectivity index (χ2n) is 12.3. The Morgan fingerprint density at radius 2 is 1.69 bits per heavy atom. The van der Waals surface area contributed by atoms with Crippen LogP contribution in [0.1, 0.15) is 74.5 Å². The third-order valence-corrected chi connectivity index (χ3v) is 10.1. The van der Waals surface area contributed by atoms with Crippen molar-refractivity contribution in [2.24, 2.45) is 17.3 Å². The molecule has 198 valence electrons. The van der Waals surface area contributed by atoms with Gasteiger partial charge in [0.25, 0.3) is 0 Å². The summed E-state index contributed by atoms with van der Waals surface area (Å²) in [5.74, 6) is 7.82. The highest BCUT2D eigenvalue weighted by molar-refractivity contribution is 5.93. The molecule has 2 aromatic carbocycles. The lowest BCUT2D eigenvalue weighted by atomic mass is 9.51. The van der Waals surface area contributed by atoms with Crippen molar-refractivity contribution in [1.82, 2.24) is 0 Å². The molecule has 0 radical (unpaired) electrons. The summed E-state index contributed by atoms with van der Waals surface area (Å²) >= 11 is 0. The summed E-state index contributed by atoms with van der Waals surface area (Å²) in [5.41, 5.74) is 6.68. The first-order valence-corrected chi connectivity index (χ1v) is 14.2. The fourth-order valence-corrected chi connectivity index (χ4v) is 7.98. The Bertz CT molecular complexity index is 1480. The Morgan fingerprint density at radius 3 is 2.38 bits per heavy atom. The summed E-state index contributed by atoms with van der Waals surface area (Å²) < 4.78 is 0. The number of allylic oxidation sites excluding steroid dienone is 4. The molecule has 0 spiro atoms. The van der Waals surface area contributed by atoms with Crippen LogP contribution in [0.15, 0.2) is 71.3 Å². The number of hydrogen-bond donors (Lipinski definition) is 1. The zero-order chi connectivity index (χ0) is 27.4. The summed E-state index contributed by atoms with van der Waals surface area (Å²) in [4.78, 5) is 14.4.